The van der Waals surface area contributed by atoms with Crippen LogP contribution in [0.2, 0.25) is 0 Å². The summed E-state index contributed by atoms with van der Waals surface area (Å²) in [5.74, 6) is 0. The van der Waals surface area contributed by atoms with Crippen molar-refractivity contribution in [3.8, 4) is 0 Å². The molecule has 0 bridgehead atoms. The largest absolute Gasteiger partial charge is 0.392 e. The first-order valence-corrected chi connectivity index (χ1v) is 9.90. The molecule has 0 saturated carbocycles. The smallest absolute Gasteiger partial charge is 0.264 e. The van der Waals surface area contributed by atoms with Gasteiger partial charge in [0.05, 0.1) is 17.2 Å². The van der Waals surface area contributed by atoms with Crippen molar-refractivity contribution in [3.63, 3.8) is 0 Å². The Morgan fingerprint density at radius 2 is 1.44 bits per heavy atom. The van der Waals surface area contributed by atoms with Gasteiger partial charge in [-0.1, -0.05) is 12.1 Å². The van der Waals surface area contributed by atoms with Crippen LogP contribution in [0.3, 0.4) is 0 Å². The predicted octanol–water partition coefficient (Wildman–Crippen LogP) is 3.94. The molecule has 0 aliphatic heterocycles. The molecule has 0 saturated heterocycles. The molecule has 5 heteroatoms. The van der Waals surface area contributed by atoms with Crippen LogP contribution in [-0.4, -0.2) is 20.1 Å². The number of aliphatic hydroxyl groups excluding tert-OH is 1. The second kappa shape index (κ2) is 7.18. The molecule has 2 aromatic carbocycles. The number of hydrogen-bond acceptors (Lipinski definition) is 3. The number of aliphatic hydroxyl groups is 1. The maximum Gasteiger partial charge on any atom is 0.264 e. The zero-order chi connectivity index (χ0) is 18.9. The van der Waals surface area contributed by atoms with Crippen LogP contribution < -0.4 is 4.31 Å². The Morgan fingerprint density at radius 1 is 0.920 bits per heavy atom. The van der Waals surface area contributed by atoms with Crippen molar-refractivity contribution < 1.29 is 13.5 Å². The van der Waals surface area contributed by atoms with Gasteiger partial charge in [0.25, 0.3) is 10.0 Å². The first-order valence-electron chi connectivity index (χ1n) is 8.46. The molecule has 25 heavy (non-hydrogen) atoms. The third-order valence-electron chi connectivity index (χ3n) is 5.15. The molecule has 0 radical (unpaired) electrons. The van der Waals surface area contributed by atoms with Crippen molar-refractivity contribution in [1.29, 1.82) is 0 Å². The number of rotatable bonds is 5. The van der Waals surface area contributed by atoms with Crippen LogP contribution in [-0.2, 0) is 16.6 Å². The van der Waals surface area contributed by atoms with E-state index >= 15 is 0 Å². The predicted molar refractivity (Wildman–Crippen MR) is 103 cm³/mol. The van der Waals surface area contributed by atoms with E-state index in [0.29, 0.717) is 22.7 Å². The van der Waals surface area contributed by atoms with E-state index in [1.807, 2.05) is 41.5 Å². The van der Waals surface area contributed by atoms with Crippen LogP contribution in [0.5, 0.6) is 0 Å². The third kappa shape index (κ3) is 3.31. The first kappa shape index (κ1) is 19.5. The van der Waals surface area contributed by atoms with Gasteiger partial charge in [0.1, 0.15) is 0 Å². The highest BCUT2D eigenvalue weighted by molar-refractivity contribution is 7.93. The minimum Gasteiger partial charge on any atom is -0.392 e. The Kier molecular flexibility index (Phi) is 5.59. The SMILES string of the molecule is CCN(c1cccc(CO)c1)S(=O)(=O)c1c(C)c(C)c(C)c(C)c1C. The minimum absolute atomic E-state index is 0.119. The number of hydrogen-bond donors (Lipinski definition) is 1. The molecule has 0 fully saturated rings. The van der Waals surface area contributed by atoms with Crippen molar-refractivity contribution in [1.82, 2.24) is 0 Å². The molecule has 136 valence electrons. The summed E-state index contributed by atoms with van der Waals surface area (Å²) in [4.78, 5) is 0.393. The fourth-order valence-electron chi connectivity index (χ4n) is 3.26. The van der Waals surface area contributed by atoms with Gasteiger partial charge in [0.15, 0.2) is 0 Å². The number of benzene rings is 2. The fourth-order valence-corrected chi connectivity index (χ4v) is 5.30. The molecular formula is C20H27NO3S. The van der Waals surface area contributed by atoms with Crippen molar-refractivity contribution in [2.24, 2.45) is 0 Å². The molecule has 0 spiro atoms. The molecule has 0 amide bonds. The number of nitrogens with zero attached hydrogens (tertiary/aromatic N) is 1. The lowest BCUT2D eigenvalue weighted by Crippen LogP contribution is -2.32. The normalized spacial score (nSPS) is 11.6. The Morgan fingerprint density at radius 3 is 1.92 bits per heavy atom. The van der Waals surface area contributed by atoms with Gasteiger partial charge in [-0.05, 0) is 87.1 Å². The van der Waals surface area contributed by atoms with E-state index in [1.54, 1.807) is 24.3 Å². The summed E-state index contributed by atoms with van der Waals surface area (Å²) in [7, 11) is -3.70. The van der Waals surface area contributed by atoms with E-state index in [-0.39, 0.29) is 6.61 Å². The van der Waals surface area contributed by atoms with Gasteiger partial charge < -0.3 is 5.11 Å². The monoisotopic (exact) mass is 361 g/mol. The first-order chi connectivity index (χ1) is 11.7. The van der Waals surface area contributed by atoms with Gasteiger partial charge in [-0.2, -0.15) is 0 Å². The molecule has 2 rings (SSSR count). The van der Waals surface area contributed by atoms with E-state index in [4.69, 9.17) is 0 Å². The molecular weight excluding hydrogens is 334 g/mol. The van der Waals surface area contributed by atoms with Crippen LogP contribution in [0, 0.1) is 34.6 Å². The maximum atomic E-state index is 13.5. The molecule has 1 N–H and O–H groups in total. The second-order valence-electron chi connectivity index (χ2n) is 6.45. The molecule has 0 aliphatic rings. The van der Waals surface area contributed by atoms with Gasteiger partial charge in [-0.25, -0.2) is 8.42 Å². The lowest BCUT2D eigenvalue weighted by Gasteiger charge is -2.27. The molecule has 4 nitrogen and oxygen atoms in total. The molecule has 0 aromatic heterocycles. The van der Waals surface area contributed by atoms with Crippen LogP contribution in [0.15, 0.2) is 29.2 Å². The molecule has 2 aromatic rings. The summed E-state index contributed by atoms with van der Waals surface area (Å²) in [6.07, 6.45) is 0. The van der Waals surface area contributed by atoms with Crippen LogP contribution in [0.25, 0.3) is 0 Å². The summed E-state index contributed by atoms with van der Waals surface area (Å²) < 4.78 is 28.4. The third-order valence-corrected chi connectivity index (χ3v) is 7.33. The summed E-state index contributed by atoms with van der Waals surface area (Å²) in [5.41, 5.74) is 6.04. The number of anilines is 1. The van der Waals surface area contributed by atoms with E-state index < -0.39 is 10.0 Å². The Bertz CT molecular complexity index is 872. The van der Waals surface area contributed by atoms with Crippen molar-refractivity contribution >= 4 is 15.7 Å². The van der Waals surface area contributed by atoms with E-state index in [1.165, 1.54) is 4.31 Å². The molecule has 0 aliphatic carbocycles. The quantitative estimate of drug-likeness (QED) is 0.878. The zero-order valence-corrected chi connectivity index (χ0v) is 16.7. The van der Waals surface area contributed by atoms with Gasteiger partial charge in [0, 0.05) is 6.54 Å². The average molecular weight is 362 g/mol. The lowest BCUT2D eigenvalue weighted by atomic mass is 9.95. The van der Waals surface area contributed by atoms with Crippen LogP contribution >= 0.6 is 0 Å². The van der Waals surface area contributed by atoms with E-state index in [9.17, 15) is 13.5 Å². The van der Waals surface area contributed by atoms with Crippen LogP contribution in [0.4, 0.5) is 5.69 Å². The summed E-state index contributed by atoms with van der Waals surface area (Å²) >= 11 is 0. The van der Waals surface area contributed by atoms with Crippen LogP contribution in [0.1, 0.15) is 40.3 Å². The second-order valence-corrected chi connectivity index (χ2v) is 8.25. The zero-order valence-electron chi connectivity index (χ0n) is 15.8. The van der Waals surface area contributed by atoms with E-state index in [0.717, 1.165) is 27.8 Å². The van der Waals surface area contributed by atoms with Crippen molar-refractivity contribution in [3.05, 3.63) is 57.6 Å². The van der Waals surface area contributed by atoms with E-state index in [2.05, 4.69) is 0 Å². The van der Waals surface area contributed by atoms with Gasteiger partial charge in [-0.3, -0.25) is 4.31 Å². The average Bonchev–Trinajstić information content (AvgIpc) is 2.58. The summed E-state index contributed by atoms with van der Waals surface area (Å²) in [6, 6.07) is 7.03. The molecule has 0 heterocycles. The minimum atomic E-state index is -3.70. The highest BCUT2D eigenvalue weighted by Crippen LogP contribution is 2.33. The summed E-state index contributed by atoms with van der Waals surface area (Å²) in [5, 5.41) is 9.36. The highest BCUT2D eigenvalue weighted by Gasteiger charge is 2.29. The fraction of sp³-hybridized carbons (Fsp3) is 0.400. The van der Waals surface area contributed by atoms with Crippen molar-refractivity contribution in [2.45, 2.75) is 53.0 Å². The topological polar surface area (TPSA) is 57.6 Å². The summed E-state index contributed by atoms with van der Waals surface area (Å²) in [6.45, 7) is 11.7. The Hall–Kier alpha value is -1.85. The van der Waals surface area contributed by atoms with Gasteiger partial charge in [-0.15, -0.1) is 0 Å². The van der Waals surface area contributed by atoms with Gasteiger partial charge >= 0.3 is 0 Å². The molecule has 0 unspecified atom stereocenters. The Labute approximate surface area is 151 Å². The highest BCUT2D eigenvalue weighted by atomic mass is 32.2. The maximum absolute atomic E-state index is 13.5. The lowest BCUT2D eigenvalue weighted by molar-refractivity contribution is 0.282. The number of sulfonamides is 1. The van der Waals surface area contributed by atoms with Crippen molar-refractivity contribution in [2.75, 3.05) is 10.8 Å². The standard InChI is InChI=1S/C20H27NO3S/c1-7-21(19-10-8-9-18(11-19)12-22)25(23,24)20-16(5)14(3)13(2)15(4)17(20)6/h8-11,22H,7,12H2,1-6H3. The Balaban J connectivity index is 2.72. The molecule has 0 atom stereocenters. The van der Waals surface area contributed by atoms with Gasteiger partial charge in [0.2, 0.25) is 0 Å².